The first kappa shape index (κ1) is 19.9. The fourth-order valence-electron chi connectivity index (χ4n) is 2.26. The van der Waals surface area contributed by atoms with Crippen LogP contribution in [-0.4, -0.2) is 28.7 Å². The Morgan fingerprint density at radius 1 is 1.14 bits per heavy atom. The Morgan fingerprint density at radius 2 is 1.96 bits per heavy atom. The number of thioether (sulfide) groups is 1. The summed E-state index contributed by atoms with van der Waals surface area (Å²) in [5.41, 5.74) is 0.652. The van der Waals surface area contributed by atoms with Crippen LogP contribution in [0.1, 0.15) is 6.92 Å². The minimum Gasteiger partial charge on any atom is -0.484 e. The van der Waals surface area contributed by atoms with Gasteiger partial charge in [-0.1, -0.05) is 24.3 Å². The zero-order valence-electron chi connectivity index (χ0n) is 15.1. The third-order valence-electron chi connectivity index (χ3n) is 3.58. The van der Waals surface area contributed by atoms with Gasteiger partial charge in [-0.25, -0.2) is 4.98 Å². The summed E-state index contributed by atoms with van der Waals surface area (Å²) in [7, 11) is 0. The van der Waals surface area contributed by atoms with Gasteiger partial charge in [0.25, 0.3) is 5.91 Å². The van der Waals surface area contributed by atoms with Gasteiger partial charge in [0.1, 0.15) is 5.75 Å². The van der Waals surface area contributed by atoms with Crippen molar-refractivity contribution in [2.24, 2.45) is 0 Å². The SMILES string of the molecule is CC(Sc1cccc(NC(=O)COc2ccccc2)c1)C(=O)Nc1nccs1. The molecule has 0 aliphatic heterocycles. The minimum absolute atomic E-state index is 0.0754. The zero-order valence-corrected chi connectivity index (χ0v) is 16.8. The number of amides is 2. The van der Waals surface area contributed by atoms with Crippen LogP contribution in [0.2, 0.25) is 0 Å². The molecule has 0 fully saturated rings. The molecule has 8 heteroatoms. The lowest BCUT2D eigenvalue weighted by Crippen LogP contribution is -2.22. The lowest BCUT2D eigenvalue weighted by atomic mass is 10.3. The maximum Gasteiger partial charge on any atom is 0.262 e. The summed E-state index contributed by atoms with van der Waals surface area (Å²) in [6.45, 7) is 1.75. The third kappa shape index (κ3) is 6.11. The number of nitrogens with zero attached hydrogens (tertiary/aromatic N) is 1. The molecule has 0 saturated heterocycles. The molecule has 2 amide bonds. The molecular weight excluding hydrogens is 394 g/mol. The van der Waals surface area contributed by atoms with E-state index in [1.807, 2.05) is 43.3 Å². The summed E-state index contributed by atoms with van der Waals surface area (Å²) < 4.78 is 5.44. The maximum atomic E-state index is 12.2. The topological polar surface area (TPSA) is 80.3 Å². The highest BCUT2D eigenvalue weighted by atomic mass is 32.2. The highest BCUT2D eigenvalue weighted by Crippen LogP contribution is 2.27. The number of hydrogen-bond acceptors (Lipinski definition) is 6. The van der Waals surface area contributed by atoms with Crippen LogP contribution in [0.4, 0.5) is 10.8 Å². The number of thiazole rings is 1. The number of benzene rings is 2. The average Bonchev–Trinajstić information content (AvgIpc) is 3.20. The Balaban J connectivity index is 1.51. The lowest BCUT2D eigenvalue weighted by Gasteiger charge is -2.12. The molecule has 2 N–H and O–H groups in total. The first-order valence-electron chi connectivity index (χ1n) is 8.55. The van der Waals surface area contributed by atoms with E-state index in [0.717, 1.165) is 4.90 Å². The van der Waals surface area contributed by atoms with Crippen LogP contribution in [0, 0.1) is 0 Å². The summed E-state index contributed by atoms with van der Waals surface area (Å²) in [5.74, 6) is 0.272. The highest BCUT2D eigenvalue weighted by molar-refractivity contribution is 8.00. The van der Waals surface area contributed by atoms with Gasteiger partial charge in [-0.3, -0.25) is 9.59 Å². The molecule has 0 aliphatic rings. The van der Waals surface area contributed by atoms with Gasteiger partial charge in [-0.2, -0.15) is 0 Å². The van der Waals surface area contributed by atoms with Crippen molar-refractivity contribution >= 4 is 45.7 Å². The Kier molecular flexibility index (Phi) is 7.05. The van der Waals surface area contributed by atoms with E-state index in [1.54, 1.807) is 29.8 Å². The van der Waals surface area contributed by atoms with Gasteiger partial charge in [0.15, 0.2) is 11.7 Å². The molecule has 3 rings (SSSR count). The minimum atomic E-state index is -0.309. The fourth-order valence-corrected chi connectivity index (χ4v) is 3.72. The predicted octanol–water partition coefficient (Wildman–Crippen LogP) is 4.28. The number of rotatable bonds is 8. The number of nitrogens with one attached hydrogen (secondary N) is 2. The highest BCUT2D eigenvalue weighted by Gasteiger charge is 2.16. The van der Waals surface area contributed by atoms with Crippen LogP contribution in [0.25, 0.3) is 0 Å². The fraction of sp³-hybridized carbons (Fsp3) is 0.150. The van der Waals surface area contributed by atoms with Crippen molar-refractivity contribution < 1.29 is 14.3 Å². The van der Waals surface area contributed by atoms with Crippen molar-refractivity contribution in [3.05, 3.63) is 66.2 Å². The summed E-state index contributed by atoms with van der Waals surface area (Å²) in [6.07, 6.45) is 1.64. The van der Waals surface area contributed by atoms with Crippen LogP contribution in [0.5, 0.6) is 5.75 Å². The van der Waals surface area contributed by atoms with Crippen LogP contribution < -0.4 is 15.4 Å². The second kappa shape index (κ2) is 9.91. The number of carbonyl (C=O) groups is 2. The van der Waals surface area contributed by atoms with E-state index in [2.05, 4.69) is 15.6 Å². The van der Waals surface area contributed by atoms with Crippen molar-refractivity contribution in [3.63, 3.8) is 0 Å². The molecular formula is C20H19N3O3S2. The van der Waals surface area contributed by atoms with Crippen molar-refractivity contribution in [1.29, 1.82) is 0 Å². The largest absolute Gasteiger partial charge is 0.484 e. The van der Waals surface area contributed by atoms with E-state index in [1.165, 1.54) is 23.1 Å². The third-order valence-corrected chi connectivity index (χ3v) is 5.36. The lowest BCUT2D eigenvalue weighted by molar-refractivity contribution is -0.118. The summed E-state index contributed by atoms with van der Waals surface area (Å²) in [6, 6.07) is 16.5. The number of hydrogen-bond donors (Lipinski definition) is 2. The van der Waals surface area contributed by atoms with Crippen LogP contribution in [0.15, 0.2) is 71.1 Å². The first-order chi connectivity index (χ1) is 13.6. The van der Waals surface area contributed by atoms with Crippen LogP contribution >= 0.6 is 23.1 Å². The van der Waals surface area contributed by atoms with E-state index >= 15 is 0 Å². The standard InChI is InChI=1S/C20H19N3O3S2/c1-14(19(25)23-20-21-10-11-27-20)28-17-9-5-6-15(12-17)22-18(24)13-26-16-7-3-2-4-8-16/h2-12,14H,13H2,1H3,(H,22,24)(H,21,23,25). The average molecular weight is 414 g/mol. The van der Waals surface area contributed by atoms with Gasteiger partial charge in [0, 0.05) is 22.2 Å². The summed E-state index contributed by atoms with van der Waals surface area (Å²) in [4.78, 5) is 29.3. The van der Waals surface area contributed by atoms with Gasteiger partial charge in [0.2, 0.25) is 5.91 Å². The van der Waals surface area contributed by atoms with Gasteiger partial charge >= 0.3 is 0 Å². The normalized spacial score (nSPS) is 11.5. The Hall–Kier alpha value is -2.84. The van der Waals surface area contributed by atoms with Crippen molar-refractivity contribution in [2.45, 2.75) is 17.1 Å². The molecule has 28 heavy (non-hydrogen) atoms. The number of carbonyl (C=O) groups excluding carboxylic acids is 2. The molecule has 1 heterocycles. The van der Waals surface area contributed by atoms with Crippen molar-refractivity contribution in [2.75, 3.05) is 17.2 Å². The van der Waals surface area contributed by atoms with E-state index in [9.17, 15) is 9.59 Å². The van der Waals surface area contributed by atoms with Crippen LogP contribution in [0.3, 0.4) is 0 Å². The molecule has 1 atom stereocenters. The van der Waals surface area contributed by atoms with Gasteiger partial charge in [-0.15, -0.1) is 23.1 Å². The molecule has 0 bridgehead atoms. The summed E-state index contributed by atoms with van der Waals surface area (Å²) in [5, 5.41) is 7.67. The van der Waals surface area contributed by atoms with Gasteiger partial charge < -0.3 is 15.4 Å². The quantitative estimate of drug-likeness (QED) is 0.539. The van der Waals surface area contributed by atoms with E-state index < -0.39 is 0 Å². The van der Waals surface area contributed by atoms with Crippen molar-refractivity contribution in [3.8, 4) is 5.75 Å². The summed E-state index contributed by atoms with van der Waals surface area (Å²) >= 11 is 2.78. The Labute approximate surface area is 171 Å². The smallest absolute Gasteiger partial charge is 0.262 e. The van der Waals surface area contributed by atoms with E-state index in [-0.39, 0.29) is 23.7 Å². The molecule has 6 nitrogen and oxygen atoms in total. The molecule has 0 aliphatic carbocycles. The number of aromatic nitrogens is 1. The maximum absolute atomic E-state index is 12.2. The zero-order chi connectivity index (χ0) is 19.8. The molecule has 3 aromatic rings. The van der Waals surface area contributed by atoms with Crippen LogP contribution in [-0.2, 0) is 9.59 Å². The molecule has 1 unspecified atom stereocenters. The molecule has 144 valence electrons. The van der Waals surface area contributed by atoms with Gasteiger partial charge in [0.05, 0.1) is 5.25 Å². The second-order valence-electron chi connectivity index (χ2n) is 5.76. The van der Waals surface area contributed by atoms with E-state index in [4.69, 9.17) is 4.74 Å². The van der Waals surface area contributed by atoms with Gasteiger partial charge in [-0.05, 0) is 37.3 Å². The molecule has 0 saturated carbocycles. The molecule has 0 spiro atoms. The first-order valence-corrected chi connectivity index (χ1v) is 10.3. The predicted molar refractivity (Wildman–Crippen MR) is 113 cm³/mol. The number of para-hydroxylation sites is 1. The Bertz CT molecular complexity index is 917. The number of ether oxygens (including phenoxy) is 1. The van der Waals surface area contributed by atoms with E-state index in [0.29, 0.717) is 16.6 Å². The molecule has 0 radical (unpaired) electrons. The molecule has 2 aromatic carbocycles. The Morgan fingerprint density at radius 3 is 2.71 bits per heavy atom. The monoisotopic (exact) mass is 413 g/mol. The molecule has 1 aromatic heterocycles. The second-order valence-corrected chi connectivity index (χ2v) is 8.07. The van der Waals surface area contributed by atoms with Crippen molar-refractivity contribution in [1.82, 2.24) is 4.98 Å². The number of anilines is 2.